The first-order valence-corrected chi connectivity index (χ1v) is 4.01. The van der Waals surface area contributed by atoms with Crippen LogP contribution in [-0.2, 0) is 12.6 Å². The van der Waals surface area contributed by atoms with Crippen LogP contribution in [0.3, 0.4) is 0 Å². The van der Waals surface area contributed by atoms with E-state index < -0.39 is 12.0 Å². The molecule has 0 saturated carbocycles. The molecule has 0 aromatic carbocycles. The van der Waals surface area contributed by atoms with Crippen LogP contribution in [0.4, 0.5) is 13.2 Å². The van der Waals surface area contributed by atoms with Crippen molar-refractivity contribution in [3.63, 3.8) is 0 Å². The predicted molar refractivity (Wildman–Crippen MR) is 41.5 cm³/mol. The van der Waals surface area contributed by atoms with Crippen LogP contribution in [0.2, 0.25) is 0 Å². The van der Waals surface area contributed by atoms with E-state index in [0.29, 0.717) is 17.9 Å². The third kappa shape index (κ3) is 2.84. The number of rotatable bonds is 2. The Morgan fingerprint density at radius 1 is 1.23 bits per heavy atom. The fourth-order valence-electron chi connectivity index (χ4n) is 0.739. The molecule has 13 heavy (non-hydrogen) atoms. The lowest BCUT2D eigenvalue weighted by Gasteiger charge is -2.04. The van der Waals surface area contributed by atoms with Gasteiger partial charge in [-0.3, -0.25) is 0 Å². The van der Waals surface area contributed by atoms with E-state index in [1.54, 1.807) is 0 Å². The zero-order chi connectivity index (χ0) is 9.90. The van der Waals surface area contributed by atoms with Crippen LogP contribution in [0.1, 0.15) is 11.4 Å². The molecule has 0 spiro atoms. The molecule has 72 valence electrons. The van der Waals surface area contributed by atoms with E-state index in [1.165, 1.54) is 0 Å². The van der Waals surface area contributed by atoms with Crippen LogP contribution in [0.15, 0.2) is 12.4 Å². The minimum atomic E-state index is -4.47. The molecule has 1 aromatic rings. The Labute approximate surface area is 77.8 Å². The highest BCUT2D eigenvalue weighted by Crippen LogP contribution is 2.25. The van der Waals surface area contributed by atoms with Gasteiger partial charge in [0.1, 0.15) is 0 Å². The van der Waals surface area contributed by atoms with Gasteiger partial charge in [0.15, 0.2) is 0 Å². The second kappa shape index (κ2) is 3.91. The standard InChI is InChI=1S/C7H6ClF3N2/c8-2-1-5-3-12-6(13-4-5)7(9,10)11/h3-4H,1-2H2. The van der Waals surface area contributed by atoms with Crippen molar-refractivity contribution in [2.75, 3.05) is 5.88 Å². The van der Waals surface area contributed by atoms with Gasteiger partial charge in [-0.15, -0.1) is 11.6 Å². The van der Waals surface area contributed by atoms with Crippen LogP contribution in [0.5, 0.6) is 0 Å². The molecule has 0 amide bonds. The molecule has 0 bridgehead atoms. The van der Waals surface area contributed by atoms with E-state index in [9.17, 15) is 13.2 Å². The van der Waals surface area contributed by atoms with Crippen molar-refractivity contribution >= 4 is 11.6 Å². The molecule has 0 aliphatic carbocycles. The molecular weight excluding hydrogens is 205 g/mol. The molecule has 0 aliphatic rings. The maximum absolute atomic E-state index is 12.0. The largest absolute Gasteiger partial charge is 0.451 e. The minimum Gasteiger partial charge on any atom is -0.233 e. The van der Waals surface area contributed by atoms with Crippen molar-refractivity contribution in [3.8, 4) is 0 Å². The van der Waals surface area contributed by atoms with Crippen LogP contribution in [0, 0.1) is 0 Å². The zero-order valence-corrected chi connectivity index (χ0v) is 7.23. The Balaban J connectivity index is 2.81. The first-order valence-electron chi connectivity index (χ1n) is 3.48. The van der Waals surface area contributed by atoms with Gasteiger partial charge in [0, 0.05) is 18.3 Å². The molecule has 6 heteroatoms. The summed E-state index contributed by atoms with van der Waals surface area (Å²) in [5, 5.41) is 0. The summed E-state index contributed by atoms with van der Waals surface area (Å²) >= 11 is 5.39. The van der Waals surface area contributed by atoms with Crippen molar-refractivity contribution < 1.29 is 13.2 Å². The highest BCUT2D eigenvalue weighted by Gasteiger charge is 2.34. The molecule has 0 radical (unpaired) electrons. The molecule has 1 heterocycles. The summed E-state index contributed by atoms with van der Waals surface area (Å²) in [4.78, 5) is 6.35. The molecular formula is C7H6ClF3N2. The van der Waals surface area contributed by atoms with Crippen LogP contribution in [0.25, 0.3) is 0 Å². The third-order valence-electron chi connectivity index (χ3n) is 1.34. The number of aromatic nitrogens is 2. The monoisotopic (exact) mass is 210 g/mol. The first kappa shape index (κ1) is 10.2. The fraction of sp³-hybridized carbons (Fsp3) is 0.429. The molecule has 1 aromatic heterocycles. The van der Waals surface area contributed by atoms with Crippen LogP contribution >= 0.6 is 11.6 Å². The van der Waals surface area contributed by atoms with Crippen molar-refractivity contribution in [2.45, 2.75) is 12.6 Å². The smallest absolute Gasteiger partial charge is 0.233 e. The number of alkyl halides is 4. The van der Waals surface area contributed by atoms with Crippen molar-refractivity contribution in [3.05, 3.63) is 23.8 Å². The van der Waals surface area contributed by atoms with E-state index in [-0.39, 0.29) is 0 Å². The molecule has 0 N–H and O–H groups in total. The zero-order valence-electron chi connectivity index (χ0n) is 6.48. The molecule has 0 fully saturated rings. The third-order valence-corrected chi connectivity index (χ3v) is 1.53. The average molecular weight is 211 g/mol. The van der Waals surface area contributed by atoms with Gasteiger partial charge >= 0.3 is 6.18 Å². The van der Waals surface area contributed by atoms with E-state index in [0.717, 1.165) is 12.4 Å². The Hall–Kier alpha value is -0.840. The summed E-state index contributed by atoms with van der Waals surface area (Å²) in [5.74, 6) is -0.778. The van der Waals surface area contributed by atoms with Gasteiger partial charge in [-0.25, -0.2) is 9.97 Å². The average Bonchev–Trinajstić information content (AvgIpc) is 2.04. The van der Waals surface area contributed by atoms with Crippen LogP contribution in [-0.4, -0.2) is 15.8 Å². The normalized spacial score (nSPS) is 11.7. The van der Waals surface area contributed by atoms with E-state index in [4.69, 9.17) is 11.6 Å². The highest BCUT2D eigenvalue weighted by molar-refractivity contribution is 6.17. The lowest BCUT2D eigenvalue weighted by atomic mass is 10.3. The number of aryl methyl sites for hydroxylation is 1. The van der Waals surface area contributed by atoms with E-state index >= 15 is 0 Å². The van der Waals surface area contributed by atoms with Gasteiger partial charge in [0.2, 0.25) is 5.82 Å². The number of halogens is 4. The second-order valence-corrected chi connectivity index (χ2v) is 2.73. The number of hydrogen-bond donors (Lipinski definition) is 0. The Bertz CT molecular complexity index is 270. The van der Waals surface area contributed by atoms with Gasteiger partial charge in [-0.05, 0) is 12.0 Å². The van der Waals surface area contributed by atoms with E-state index in [2.05, 4.69) is 9.97 Å². The SMILES string of the molecule is FC(F)(F)c1ncc(CCCl)cn1. The molecule has 2 nitrogen and oxygen atoms in total. The molecule has 1 rings (SSSR count). The minimum absolute atomic E-state index is 0.342. The summed E-state index contributed by atoms with van der Waals surface area (Å²) in [7, 11) is 0. The second-order valence-electron chi connectivity index (χ2n) is 2.35. The highest BCUT2D eigenvalue weighted by atomic mass is 35.5. The Morgan fingerprint density at radius 3 is 2.15 bits per heavy atom. The lowest BCUT2D eigenvalue weighted by molar-refractivity contribution is -0.145. The van der Waals surface area contributed by atoms with Crippen LogP contribution < -0.4 is 0 Å². The maximum atomic E-state index is 12.0. The van der Waals surface area contributed by atoms with Gasteiger partial charge in [0.05, 0.1) is 0 Å². The summed E-state index contributed by atoms with van der Waals surface area (Å²) in [6.07, 6.45) is -1.73. The van der Waals surface area contributed by atoms with Gasteiger partial charge < -0.3 is 0 Å². The Morgan fingerprint density at radius 2 is 1.77 bits per heavy atom. The van der Waals surface area contributed by atoms with Gasteiger partial charge in [-0.1, -0.05) is 0 Å². The maximum Gasteiger partial charge on any atom is 0.451 e. The summed E-state index contributed by atoms with van der Waals surface area (Å²) in [6.45, 7) is 0. The summed E-state index contributed by atoms with van der Waals surface area (Å²) in [5.41, 5.74) is 0.600. The molecule has 0 unspecified atom stereocenters. The lowest BCUT2D eigenvalue weighted by Crippen LogP contribution is -2.10. The van der Waals surface area contributed by atoms with Crippen molar-refractivity contribution in [1.29, 1.82) is 0 Å². The fourth-order valence-corrected chi connectivity index (χ4v) is 0.958. The Kier molecular flexibility index (Phi) is 3.08. The molecule has 0 aliphatic heterocycles. The quantitative estimate of drug-likeness (QED) is 0.700. The summed E-state index contributed by atoms with van der Waals surface area (Å²) in [6, 6.07) is 0. The van der Waals surface area contributed by atoms with Gasteiger partial charge in [0.25, 0.3) is 0 Å². The number of nitrogens with zero attached hydrogens (tertiary/aromatic N) is 2. The molecule has 0 atom stereocenters. The van der Waals surface area contributed by atoms with Gasteiger partial charge in [-0.2, -0.15) is 13.2 Å². The topological polar surface area (TPSA) is 25.8 Å². The van der Waals surface area contributed by atoms with E-state index in [1.807, 2.05) is 0 Å². The molecule has 0 saturated heterocycles. The predicted octanol–water partition coefficient (Wildman–Crippen LogP) is 2.28. The number of hydrogen-bond acceptors (Lipinski definition) is 2. The van der Waals surface area contributed by atoms with Crippen molar-refractivity contribution in [1.82, 2.24) is 9.97 Å². The summed E-state index contributed by atoms with van der Waals surface area (Å²) < 4.78 is 35.9. The van der Waals surface area contributed by atoms with Crippen molar-refractivity contribution in [2.24, 2.45) is 0 Å². The first-order chi connectivity index (χ1) is 6.04.